The van der Waals surface area contributed by atoms with Gasteiger partial charge in [-0.2, -0.15) is 5.26 Å². The van der Waals surface area contributed by atoms with Gasteiger partial charge in [0, 0.05) is 37.9 Å². The van der Waals surface area contributed by atoms with Crippen molar-refractivity contribution in [3.05, 3.63) is 89.2 Å². The van der Waals surface area contributed by atoms with Crippen LogP contribution >= 0.6 is 0 Å². The van der Waals surface area contributed by atoms with E-state index in [-0.39, 0.29) is 18.1 Å². The lowest BCUT2D eigenvalue weighted by Crippen LogP contribution is -2.58. The lowest BCUT2D eigenvalue weighted by Gasteiger charge is -2.48. The number of fused-ring (bicyclic) bond motifs is 5. The molecule has 5 aliphatic rings. The number of aliphatic hydroxyl groups excluding tert-OH is 1. The summed E-state index contributed by atoms with van der Waals surface area (Å²) >= 11 is 0. The van der Waals surface area contributed by atoms with Crippen molar-refractivity contribution in [3.63, 3.8) is 0 Å². The molecular formula is C30H29N3O5. The highest BCUT2D eigenvalue weighted by atomic mass is 16.5. The van der Waals surface area contributed by atoms with Gasteiger partial charge < -0.3 is 24.4 Å². The van der Waals surface area contributed by atoms with Gasteiger partial charge in [-0.1, -0.05) is 42.5 Å². The predicted octanol–water partition coefficient (Wildman–Crippen LogP) is 2.68. The molecule has 2 aromatic carbocycles. The monoisotopic (exact) mass is 511 g/mol. The van der Waals surface area contributed by atoms with E-state index in [0.29, 0.717) is 34.7 Å². The van der Waals surface area contributed by atoms with Gasteiger partial charge in [0.05, 0.1) is 55.0 Å². The first-order chi connectivity index (χ1) is 18.5. The second-order valence-electron chi connectivity index (χ2n) is 10.8. The van der Waals surface area contributed by atoms with Crippen molar-refractivity contribution < 1.29 is 24.4 Å². The van der Waals surface area contributed by atoms with E-state index in [0.717, 1.165) is 25.1 Å². The summed E-state index contributed by atoms with van der Waals surface area (Å²) in [5.41, 5.74) is -0.694. The number of methoxy groups -OCH3 is 1. The maximum atomic E-state index is 12.9. The van der Waals surface area contributed by atoms with Crippen molar-refractivity contribution in [3.8, 4) is 17.6 Å². The molecule has 8 rings (SSSR count). The summed E-state index contributed by atoms with van der Waals surface area (Å²) in [7, 11) is 1.52. The number of morpholine rings is 1. The molecular weight excluding hydrogens is 482 g/mol. The molecule has 2 unspecified atom stereocenters. The summed E-state index contributed by atoms with van der Waals surface area (Å²) < 4.78 is 18.4. The summed E-state index contributed by atoms with van der Waals surface area (Å²) in [6.07, 6.45) is 3.45. The zero-order chi connectivity index (χ0) is 26.1. The molecule has 4 aliphatic heterocycles. The van der Waals surface area contributed by atoms with E-state index in [9.17, 15) is 15.5 Å². The third-order valence-electron chi connectivity index (χ3n) is 8.92. The van der Waals surface area contributed by atoms with Gasteiger partial charge in [0.2, 0.25) is 0 Å². The molecule has 4 fully saturated rings. The van der Waals surface area contributed by atoms with E-state index in [1.165, 1.54) is 7.11 Å². The number of ether oxygens (including phenoxy) is 3. The molecule has 0 amide bonds. The smallest absolute Gasteiger partial charge is 0.177 e. The van der Waals surface area contributed by atoms with Crippen LogP contribution in [0.1, 0.15) is 34.6 Å². The number of piperidine rings is 1. The topological polar surface area (TPSA) is 108 Å². The first kappa shape index (κ1) is 23.6. The molecule has 2 bridgehead atoms. The van der Waals surface area contributed by atoms with E-state index >= 15 is 0 Å². The quantitative estimate of drug-likeness (QED) is 0.539. The number of hydrogen-bond acceptors (Lipinski definition) is 8. The molecule has 2 N–H and O–H groups in total. The van der Waals surface area contributed by atoms with Crippen LogP contribution in [0.2, 0.25) is 0 Å². The van der Waals surface area contributed by atoms with Crippen LogP contribution in [0.4, 0.5) is 0 Å². The van der Waals surface area contributed by atoms with Gasteiger partial charge in [-0.3, -0.25) is 9.88 Å². The molecule has 8 nitrogen and oxygen atoms in total. The predicted molar refractivity (Wildman–Crippen MR) is 137 cm³/mol. The Morgan fingerprint density at radius 3 is 2.47 bits per heavy atom. The van der Waals surface area contributed by atoms with Crippen LogP contribution in [-0.4, -0.2) is 65.2 Å². The van der Waals surface area contributed by atoms with Crippen LogP contribution in [0, 0.1) is 17.2 Å². The van der Waals surface area contributed by atoms with Crippen molar-refractivity contribution in [2.75, 3.05) is 26.7 Å². The molecule has 8 heteroatoms. The number of aliphatic hydroxyl groups is 2. The first-order valence-electron chi connectivity index (χ1n) is 13.0. The van der Waals surface area contributed by atoms with Crippen LogP contribution in [0.15, 0.2) is 67.0 Å². The SMILES string of the molecule is COc1cncc2c1[C@]1(O)[C@H](O)[C@H](CN3CC4CC(C3)O4)[C@@H](c3ccccc3)[C@]1(c1ccc(C#N)cc1)O2. The number of pyridine rings is 1. The maximum Gasteiger partial charge on any atom is 0.177 e. The number of aromatic nitrogens is 1. The van der Waals surface area contributed by atoms with Gasteiger partial charge in [-0.15, -0.1) is 0 Å². The van der Waals surface area contributed by atoms with Crippen molar-refractivity contribution in [1.82, 2.24) is 9.88 Å². The molecule has 194 valence electrons. The molecule has 0 spiro atoms. The minimum absolute atomic E-state index is 0.223. The molecule has 0 radical (unpaired) electrons. The van der Waals surface area contributed by atoms with Crippen molar-refractivity contribution in [1.29, 1.82) is 5.26 Å². The van der Waals surface area contributed by atoms with Gasteiger partial charge in [0.1, 0.15) is 11.5 Å². The summed E-state index contributed by atoms with van der Waals surface area (Å²) in [5, 5.41) is 34.6. The number of rotatable bonds is 5. The van der Waals surface area contributed by atoms with Crippen LogP contribution in [0.3, 0.4) is 0 Å². The first-order valence-corrected chi connectivity index (χ1v) is 13.0. The number of nitrogens with zero attached hydrogens (tertiary/aromatic N) is 3. The second-order valence-corrected chi connectivity index (χ2v) is 10.8. The van der Waals surface area contributed by atoms with Crippen LogP contribution < -0.4 is 9.47 Å². The van der Waals surface area contributed by atoms with E-state index in [1.807, 2.05) is 42.5 Å². The van der Waals surface area contributed by atoms with Gasteiger partial charge in [-0.25, -0.2) is 0 Å². The number of benzene rings is 2. The summed E-state index contributed by atoms with van der Waals surface area (Å²) in [4.78, 5) is 6.62. The Kier molecular flexibility index (Phi) is 5.29. The average Bonchev–Trinajstić information content (AvgIpc) is 3.31. The molecule has 7 atom stereocenters. The van der Waals surface area contributed by atoms with Gasteiger partial charge >= 0.3 is 0 Å². The third kappa shape index (κ3) is 3.07. The Labute approximate surface area is 221 Å². The van der Waals surface area contributed by atoms with Crippen molar-refractivity contribution in [2.45, 2.75) is 41.9 Å². The van der Waals surface area contributed by atoms with E-state index in [2.05, 4.69) is 16.0 Å². The fourth-order valence-electron chi connectivity index (χ4n) is 7.42. The average molecular weight is 512 g/mol. The Morgan fingerprint density at radius 1 is 1.11 bits per heavy atom. The van der Waals surface area contributed by atoms with E-state index in [4.69, 9.17) is 14.2 Å². The Hall–Kier alpha value is -3.48. The fourth-order valence-corrected chi connectivity index (χ4v) is 7.42. The highest BCUT2D eigenvalue weighted by Gasteiger charge is 2.76. The van der Waals surface area contributed by atoms with E-state index < -0.39 is 23.2 Å². The molecule has 5 heterocycles. The zero-order valence-corrected chi connectivity index (χ0v) is 21.0. The van der Waals surface area contributed by atoms with Crippen molar-refractivity contribution in [2.24, 2.45) is 5.92 Å². The summed E-state index contributed by atoms with van der Waals surface area (Å²) in [6, 6.07) is 19.2. The van der Waals surface area contributed by atoms with Crippen molar-refractivity contribution >= 4 is 0 Å². The number of nitriles is 1. The molecule has 1 aliphatic carbocycles. The Balaban J connectivity index is 1.45. The molecule has 1 aromatic heterocycles. The highest BCUT2D eigenvalue weighted by molar-refractivity contribution is 5.59. The van der Waals surface area contributed by atoms with Crippen LogP contribution in [-0.2, 0) is 15.9 Å². The lowest BCUT2D eigenvalue weighted by molar-refractivity contribution is -0.185. The third-order valence-corrected chi connectivity index (χ3v) is 8.92. The maximum absolute atomic E-state index is 12.9. The highest BCUT2D eigenvalue weighted by Crippen LogP contribution is 2.69. The molecule has 38 heavy (non-hydrogen) atoms. The zero-order valence-electron chi connectivity index (χ0n) is 21.0. The van der Waals surface area contributed by atoms with Gasteiger partial charge in [0.25, 0.3) is 0 Å². The van der Waals surface area contributed by atoms with Crippen LogP contribution in [0.5, 0.6) is 11.5 Å². The fraction of sp³-hybridized carbons (Fsp3) is 0.400. The van der Waals surface area contributed by atoms with Gasteiger partial charge in [0.15, 0.2) is 11.2 Å². The Bertz CT molecular complexity index is 1390. The summed E-state index contributed by atoms with van der Waals surface area (Å²) in [6.45, 7) is 2.17. The lowest BCUT2D eigenvalue weighted by atomic mass is 9.70. The minimum Gasteiger partial charge on any atom is -0.495 e. The normalized spacial score (nSPS) is 34.9. The van der Waals surface area contributed by atoms with Crippen LogP contribution in [0.25, 0.3) is 0 Å². The largest absolute Gasteiger partial charge is 0.495 e. The second kappa shape index (κ2) is 8.52. The summed E-state index contributed by atoms with van der Waals surface area (Å²) in [5.74, 6) is -0.0589. The van der Waals surface area contributed by atoms with Gasteiger partial charge in [-0.05, 0) is 23.3 Å². The molecule has 1 saturated carbocycles. The Morgan fingerprint density at radius 2 is 1.82 bits per heavy atom. The molecule has 3 aromatic rings. The standard InChI is InChI=1S/C30H29N3O5/c1-36-24-13-32-14-25-27(24)29(35)28(34)23(17-33-15-21-11-22(16-33)37-21)26(19-5-3-2-4-6-19)30(29,38-25)20-9-7-18(12-31)8-10-20/h2-10,13-14,21-23,26,28,34-35H,11,15-17H2,1H3/t21?,22?,23-,26-,28-,29+,30+/m1/s1. The molecule has 3 saturated heterocycles. The number of hydrogen-bond donors (Lipinski definition) is 2. The van der Waals surface area contributed by atoms with E-state index in [1.54, 1.807) is 24.5 Å². The minimum atomic E-state index is -1.84.